The van der Waals surface area contributed by atoms with E-state index in [-0.39, 0.29) is 18.9 Å². The third kappa shape index (κ3) is 7.85. The topological polar surface area (TPSA) is 67.9 Å². The van der Waals surface area contributed by atoms with Crippen LogP contribution < -0.4 is 10.1 Å². The summed E-state index contributed by atoms with van der Waals surface area (Å²) >= 11 is 0. The molecule has 6 nitrogen and oxygen atoms in total. The fourth-order valence-corrected chi connectivity index (χ4v) is 1.91. The summed E-state index contributed by atoms with van der Waals surface area (Å²) in [6, 6.07) is 7.75. The van der Waals surface area contributed by atoms with E-state index >= 15 is 0 Å². The quantitative estimate of drug-likeness (QED) is 0.831. The van der Waals surface area contributed by atoms with Gasteiger partial charge < -0.3 is 19.7 Å². The van der Waals surface area contributed by atoms with E-state index in [1.807, 2.05) is 31.2 Å². The van der Waals surface area contributed by atoms with Crippen molar-refractivity contribution in [2.24, 2.45) is 0 Å². The average molecular weight is 336 g/mol. The van der Waals surface area contributed by atoms with Crippen molar-refractivity contribution in [1.82, 2.24) is 10.2 Å². The molecule has 0 bridgehead atoms. The lowest BCUT2D eigenvalue weighted by Gasteiger charge is -2.20. The summed E-state index contributed by atoms with van der Waals surface area (Å²) in [4.78, 5) is 25.1. The molecule has 0 aliphatic carbocycles. The fourth-order valence-electron chi connectivity index (χ4n) is 1.91. The minimum Gasteiger partial charge on any atom is -0.491 e. The molecule has 1 aromatic carbocycles. The van der Waals surface area contributed by atoms with Gasteiger partial charge in [0.05, 0.1) is 6.54 Å². The molecule has 0 saturated heterocycles. The second kappa shape index (κ2) is 9.15. The Kier molecular flexibility index (Phi) is 7.55. The van der Waals surface area contributed by atoms with Crippen molar-refractivity contribution in [2.75, 3.05) is 26.7 Å². The van der Waals surface area contributed by atoms with Crippen LogP contribution >= 0.6 is 0 Å². The van der Waals surface area contributed by atoms with Crippen LogP contribution in [-0.2, 0) is 9.53 Å². The highest BCUT2D eigenvalue weighted by molar-refractivity contribution is 5.77. The molecule has 2 amide bonds. The van der Waals surface area contributed by atoms with Gasteiger partial charge in [-0.05, 0) is 39.3 Å². The highest BCUT2D eigenvalue weighted by Crippen LogP contribution is 2.15. The number of likely N-dealkylation sites (N-methyl/N-ethyl adjacent to an activating group) is 1. The Morgan fingerprint density at radius 1 is 1.21 bits per heavy atom. The Hall–Kier alpha value is -2.24. The minimum absolute atomic E-state index is 0.0561. The highest BCUT2D eigenvalue weighted by atomic mass is 16.6. The number of ether oxygens (including phenoxy) is 2. The fraction of sp³-hybridized carbons (Fsp3) is 0.556. The van der Waals surface area contributed by atoms with E-state index in [0.29, 0.717) is 13.2 Å². The van der Waals surface area contributed by atoms with E-state index in [4.69, 9.17) is 9.47 Å². The molecular weight excluding hydrogens is 308 g/mol. The van der Waals surface area contributed by atoms with Crippen molar-refractivity contribution in [1.29, 1.82) is 0 Å². The van der Waals surface area contributed by atoms with E-state index in [1.54, 1.807) is 32.7 Å². The highest BCUT2D eigenvalue weighted by Gasteiger charge is 2.16. The van der Waals surface area contributed by atoms with Crippen LogP contribution in [0.2, 0.25) is 0 Å². The number of hydrogen-bond donors (Lipinski definition) is 1. The average Bonchev–Trinajstić information content (AvgIpc) is 2.47. The number of nitrogens with one attached hydrogen (secondary N) is 1. The van der Waals surface area contributed by atoms with Crippen molar-refractivity contribution in [2.45, 2.75) is 39.7 Å². The first kappa shape index (κ1) is 19.8. The first-order valence-corrected chi connectivity index (χ1v) is 8.08. The second-order valence-electron chi connectivity index (χ2n) is 6.61. The lowest BCUT2D eigenvalue weighted by atomic mass is 10.2. The van der Waals surface area contributed by atoms with Crippen LogP contribution in [0, 0.1) is 6.92 Å². The number of alkyl carbamates (subject to hydrolysis) is 1. The molecule has 6 heteroatoms. The van der Waals surface area contributed by atoms with Gasteiger partial charge in [0, 0.05) is 20.0 Å². The smallest absolute Gasteiger partial charge is 0.407 e. The molecular formula is C18H28N2O4. The van der Waals surface area contributed by atoms with Crippen LogP contribution in [0.25, 0.3) is 0 Å². The molecule has 134 valence electrons. The van der Waals surface area contributed by atoms with Crippen LogP contribution in [0.1, 0.15) is 32.8 Å². The maximum Gasteiger partial charge on any atom is 0.407 e. The normalized spacial score (nSPS) is 10.9. The Bertz CT molecular complexity index is 552. The van der Waals surface area contributed by atoms with Crippen LogP contribution in [0.15, 0.2) is 24.3 Å². The summed E-state index contributed by atoms with van der Waals surface area (Å²) in [5.41, 5.74) is 0.519. The summed E-state index contributed by atoms with van der Waals surface area (Å²) in [6.45, 7) is 8.51. The van der Waals surface area contributed by atoms with Gasteiger partial charge in [-0.3, -0.25) is 4.79 Å². The van der Waals surface area contributed by atoms with Crippen LogP contribution in [0.4, 0.5) is 4.79 Å². The number of hydrogen-bond acceptors (Lipinski definition) is 4. The molecule has 1 rings (SSSR count). The van der Waals surface area contributed by atoms with Gasteiger partial charge in [-0.25, -0.2) is 4.79 Å². The second-order valence-corrected chi connectivity index (χ2v) is 6.61. The van der Waals surface area contributed by atoms with Gasteiger partial charge in [-0.1, -0.05) is 18.2 Å². The molecule has 0 aromatic heterocycles. The summed E-state index contributed by atoms with van der Waals surface area (Å²) in [5, 5.41) is 2.57. The number of carbonyl (C=O) groups is 2. The molecule has 0 fully saturated rings. The number of amides is 2. The maximum absolute atomic E-state index is 12.0. The van der Waals surface area contributed by atoms with Gasteiger partial charge >= 0.3 is 6.09 Å². The standard InChI is InChI=1S/C18H28N2O4/c1-14-8-6-7-9-15(14)23-13-12-20(5)16(21)10-11-19-17(22)24-18(2,3)4/h6-9H,10-13H2,1-5H3,(H,19,22). The summed E-state index contributed by atoms with van der Waals surface area (Å²) in [6.07, 6.45) is -0.291. The van der Waals surface area contributed by atoms with E-state index < -0.39 is 11.7 Å². The van der Waals surface area contributed by atoms with Crippen LogP contribution in [0.5, 0.6) is 5.75 Å². The van der Waals surface area contributed by atoms with Gasteiger partial charge in [0.2, 0.25) is 5.91 Å². The van der Waals surface area contributed by atoms with Crippen molar-refractivity contribution in [3.63, 3.8) is 0 Å². The Morgan fingerprint density at radius 3 is 2.50 bits per heavy atom. The minimum atomic E-state index is -0.544. The van der Waals surface area contributed by atoms with Gasteiger partial charge in [0.25, 0.3) is 0 Å². The van der Waals surface area contributed by atoms with E-state index in [2.05, 4.69) is 5.32 Å². The van der Waals surface area contributed by atoms with Crippen molar-refractivity contribution >= 4 is 12.0 Å². The Morgan fingerprint density at radius 2 is 1.88 bits per heavy atom. The number of para-hydroxylation sites is 1. The number of aryl methyl sites for hydroxylation is 1. The summed E-state index contributed by atoms with van der Waals surface area (Å²) in [7, 11) is 1.72. The van der Waals surface area contributed by atoms with Gasteiger partial charge in [-0.15, -0.1) is 0 Å². The van der Waals surface area contributed by atoms with E-state index in [1.165, 1.54) is 0 Å². The van der Waals surface area contributed by atoms with Gasteiger partial charge in [0.1, 0.15) is 18.0 Å². The third-order valence-electron chi connectivity index (χ3n) is 3.21. The van der Waals surface area contributed by atoms with Gasteiger partial charge in [-0.2, -0.15) is 0 Å². The molecule has 0 atom stereocenters. The molecule has 0 aliphatic heterocycles. The Labute approximate surface area is 144 Å². The first-order chi connectivity index (χ1) is 11.2. The van der Waals surface area contributed by atoms with Crippen LogP contribution in [-0.4, -0.2) is 49.2 Å². The summed E-state index contributed by atoms with van der Waals surface area (Å²) in [5.74, 6) is 0.768. The lowest BCUT2D eigenvalue weighted by molar-refractivity contribution is -0.130. The zero-order chi connectivity index (χ0) is 18.2. The monoisotopic (exact) mass is 336 g/mol. The predicted molar refractivity (Wildman–Crippen MR) is 93.2 cm³/mol. The maximum atomic E-state index is 12.0. The van der Waals surface area contributed by atoms with Crippen LogP contribution in [0.3, 0.4) is 0 Å². The first-order valence-electron chi connectivity index (χ1n) is 8.08. The molecule has 0 radical (unpaired) electrons. The lowest BCUT2D eigenvalue weighted by Crippen LogP contribution is -2.36. The largest absolute Gasteiger partial charge is 0.491 e. The molecule has 0 unspecified atom stereocenters. The molecule has 0 saturated carbocycles. The van der Waals surface area contributed by atoms with E-state index in [9.17, 15) is 9.59 Å². The number of benzene rings is 1. The number of rotatable bonds is 7. The number of nitrogens with zero attached hydrogens (tertiary/aromatic N) is 1. The Balaban J connectivity index is 2.23. The van der Waals surface area contributed by atoms with Gasteiger partial charge in [0.15, 0.2) is 0 Å². The van der Waals surface area contributed by atoms with Crippen molar-refractivity contribution < 1.29 is 19.1 Å². The molecule has 1 aromatic rings. The number of carbonyl (C=O) groups excluding carboxylic acids is 2. The van der Waals surface area contributed by atoms with Crippen molar-refractivity contribution in [3.05, 3.63) is 29.8 Å². The molecule has 0 heterocycles. The predicted octanol–water partition coefficient (Wildman–Crippen LogP) is 2.75. The van der Waals surface area contributed by atoms with E-state index in [0.717, 1.165) is 11.3 Å². The molecule has 24 heavy (non-hydrogen) atoms. The van der Waals surface area contributed by atoms with Crippen molar-refractivity contribution in [3.8, 4) is 5.75 Å². The molecule has 1 N–H and O–H groups in total. The zero-order valence-corrected chi connectivity index (χ0v) is 15.2. The third-order valence-corrected chi connectivity index (χ3v) is 3.21. The molecule has 0 spiro atoms. The summed E-state index contributed by atoms with van der Waals surface area (Å²) < 4.78 is 10.8. The zero-order valence-electron chi connectivity index (χ0n) is 15.2. The molecule has 0 aliphatic rings. The SMILES string of the molecule is Cc1ccccc1OCCN(C)C(=O)CCNC(=O)OC(C)(C)C.